The molecule has 0 aliphatic rings. The number of aryl methyl sites for hydroxylation is 1. The summed E-state index contributed by atoms with van der Waals surface area (Å²) in [6.45, 7) is 15.4. The number of benzene rings is 2. The number of aliphatic hydroxyl groups is 1. The Morgan fingerprint density at radius 1 is 0.909 bits per heavy atom. The van der Waals surface area contributed by atoms with E-state index in [-0.39, 0.29) is 48.2 Å². The zero-order valence-corrected chi connectivity index (χ0v) is 29.3. The van der Waals surface area contributed by atoms with Gasteiger partial charge in [-0.2, -0.15) is 0 Å². The van der Waals surface area contributed by atoms with E-state index in [1.165, 1.54) is 17.7 Å². The number of pyridine rings is 2. The molecule has 233 valence electrons. The van der Waals surface area contributed by atoms with E-state index in [9.17, 15) is 9.90 Å². The van der Waals surface area contributed by atoms with Crippen molar-refractivity contribution < 1.29 is 38.5 Å². The third-order valence-electron chi connectivity index (χ3n) is 7.14. The largest absolute Gasteiger partial charge is 0.512 e. The van der Waals surface area contributed by atoms with E-state index >= 15 is 0 Å². The first-order chi connectivity index (χ1) is 21.2. The van der Waals surface area contributed by atoms with Crippen molar-refractivity contribution in [3.63, 3.8) is 0 Å². The molecule has 0 aliphatic carbocycles. The van der Waals surface area contributed by atoms with Crippen LogP contribution < -0.4 is 0 Å². The number of ketones is 1. The summed E-state index contributed by atoms with van der Waals surface area (Å²) in [6, 6.07) is 22.7. The molecule has 0 saturated heterocycles. The second-order valence-corrected chi connectivity index (χ2v) is 13.9. The van der Waals surface area contributed by atoms with Gasteiger partial charge in [-0.1, -0.05) is 110 Å². The molecule has 0 spiro atoms. The van der Waals surface area contributed by atoms with Gasteiger partial charge in [0.15, 0.2) is 5.78 Å². The van der Waals surface area contributed by atoms with Crippen molar-refractivity contribution in [3.05, 3.63) is 96.0 Å². The normalized spacial score (nSPS) is 13.8. The molecule has 44 heavy (non-hydrogen) atoms. The fourth-order valence-electron chi connectivity index (χ4n) is 4.46. The Balaban J connectivity index is 0.000000367. The van der Waals surface area contributed by atoms with Gasteiger partial charge in [-0.25, -0.2) is 4.98 Å². The number of fused-ring (bicyclic) bond motifs is 3. The number of carbonyl (C=O) groups is 1. The van der Waals surface area contributed by atoms with Crippen molar-refractivity contribution in [3.8, 4) is 22.4 Å². The number of aromatic nitrogens is 2. The SMILES string of the molecule is CC(C)(C)C(=O)/C=C(\O)C(C)(C)C.[2H]C([2H])([2H])c1ccc2c(n1)oc1c(-c3ccc(-c4ccccc4C(C)(C)C)cn3)[c-]ccc12.[Ir]. The first-order valence-electron chi connectivity index (χ1n) is 15.9. The smallest absolute Gasteiger partial charge is 0.216 e. The fraction of sp³-hybridized carbons (Fsp3) is 0.342. The molecular formula is C38H43IrN2O3-. The number of hydrogen-bond acceptors (Lipinski definition) is 5. The van der Waals surface area contributed by atoms with Crippen LogP contribution in [0.25, 0.3) is 44.5 Å². The summed E-state index contributed by atoms with van der Waals surface area (Å²) in [5, 5.41) is 11.2. The van der Waals surface area contributed by atoms with E-state index in [0.29, 0.717) is 11.3 Å². The van der Waals surface area contributed by atoms with Crippen molar-refractivity contribution in [2.24, 2.45) is 10.8 Å². The molecule has 0 amide bonds. The maximum atomic E-state index is 11.5. The Bertz CT molecular complexity index is 1900. The van der Waals surface area contributed by atoms with Gasteiger partial charge in [-0.3, -0.25) is 4.79 Å². The number of hydrogen-bond donors (Lipinski definition) is 1. The molecule has 2 aromatic carbocycles. The van der Waals surface area contributed by atoms with Gasteiger partial charge in [0.1, 0.15) is 5.76 Å². The van der Waals surface area contributed by atoms with Gasteiger partial charge in [0.25, 0.3) is 0 Å². The molecule has 1 radical (unpaired) electrons. The molecule has 3 aromatic heterocycles. The summed E-state index contributed by atoms with van der Waals surface area (Å²) < 4.78 is 28.9. The monoisotopic (exact) mass is 771 g/mol. The number of carbonyl (C=O) groups excluding carboxylic acids is 1. The molecule has 0 aliphatic heterocycles. The average molecular weight is 771 g/mol. The molecule has 5 nitrogen and oxygen atoms in total. The Labute approximate surface area is 279 Å². The first-order valence-corrected chi connectivity index (χ1v) is 14.4. The van der Waals surface area contributed by atoms with Crippen LogP contribution in [-0.2, 0) is 30.3 Å². The van der Waals surface area contributed by atoms with E-state index in [2.05, 4.69) is 56.1 Å². The molecule has 0 bridgehead atoms. The van der Waals surface area contributed by atoms with Gasteiger partial charge < -0.3 is 14.5 Å². The molecule has 0 unspecified atom stereocenters. The molecule has 1 N–H and O–H groups in total. The van der Waals surface area contributed by atoms with Crippen LogP contribution in [0.5, 0.6) is 0 Å². The number of allylic oxidation sites excluding steroid dienone is 2. The van der Waals surface area contributed by atoms with Crippen LogP contribution in [0.1, 0.15) is 77.7 Å². The van der Waals surface area contributed by atoms with E-state index < -0.39 is 12.3 Å². The summed E-state index contributed by atoms with van der Waals surface area (Å²) in [5.41, 5.74) is 5.09. The van der Waals surface area contributed by atoms with E-state index in [4.69, 9.17) is 13.5 Å². The standard InChI is InChI=1S/C27H23N2O.C11H20O2.Ir/c1-17-12-14-21-20-9-7-10-22(25(20)30-26(21)29-17)24-15-13-18(16-28-24)19-8-5-6-11-23(19)27(2,3)4;1-10(2,3)8(12)7-9(13)11(4,5)6;/h5-9,11-16H,1-4H3;7,12H,1-6H3;/q-1;;/b;8-7-;/i1D3;;. The first kappa shape index (κ1) is 30.4. The second kappa shape index (κ2) is 13.2. The van der Waals surface area contributed by atoms with Crippen LogP contribution in [0, 0.1) is 23.7 Å². The van der Waals surface area contributed by atoms with Gasteiger partial charge in [0, 0.05) is 58.4 Å². The Morgan fingerprint density at radius 3 is 2.20 bits per heavy atom. The average Bonchev–Trinajstić information content (AvgIpc) is 3.34. The zero-order chi connectivity index (χ0) is 34.2. The van der Waals surface area contributed by atoms with Crippen molar-refractivity contribution in [2.75, 3.05) is 0 Å². The zero-order valence-electron chi connectivity index (χ0n) is 29.9. The number of rotatable bonds is 3. The van der Waals surface area contributed by atoms with Crippen molar-refractivity contribution >= 4 is 27.9 Å². The van der Waals surface area contributed by atoms with Gasteiger partial charge >= 0.3 is 0 Å². The predicted molar refractivity (Wildman–Crippen MR) is 177 cm³/mol. The molecule has 3 heterocycles. The topological polar surface area (TPSA) is 76.2 Å². The van der Waals surface area contributed by atoms with Crippen molar-refractivity contribution in [2.45, 2.75) is 74.6 Å². The summed E-state index contributed by atoms with van der Waals surface area (Å²) in [4.78, 5) is 20.5. The third kappa shape index (κ3) is 7.91. The van der Waals surface area contributed by atoms with Crippen LogP contribution in [0.15, 0.2) is 83.1 Å². The van der Waals surface area contributed by atoms with E-state index in [0.717, 1.165) is 33.2 Å². The summed E-state index contributed by atoms with van der Waals surface area (Å²) >= 11 is 0. The van der Waals surface area contributed by atoms with Gasteiger partial charge in [-0.15, -0.1) is 18.2 Å². The minimum absolute atomic E-state index is 0. The van der Waals surface area contributed by atoms with Crippen molar-refractivity contribution in [1.29, 1.82) is 0 Å². The van der Waals surface area contributed by atoms with Crippen LogP contribution >= 0.6 is 0 Å². The minimum atomic E-state index is -2.29. The molecule has 0 fully saturated rings. The summed E-state index contributed by atoms with van der Waals surface area (Å²) in [5.74, 6) is 0.104. The van der Waals surface area contributed by atoms with E-state index in [1.54, 1.807) is 6.07 Å². The number of aliphatic hydroxyl groups excluding tert-OH is 1. The molecule has 6 heteroatoms. The molecular weight excluding hydrogens is 725 g/mol. The minimum Gasteiger partial charge on any atom is -0.512 e. The maximum Gasteiger partial charge on any atom is 0.216 e. The van der Waals surface area contributed by atoms with Crippen LogP contribution in [0.4, 0.5) is 0 Å². The Morgan fingerprint density at radius 2 is 1.61 bits per heavy atom. The third-order valence-corrected chi connectivity index (χ3v) is 7.14. The molecule has 5 rings (SSSR count). The van der Waals surface area contributed by atoms with Crippen LogP contribution in [0.3, 0.4) is 0 Å². The summed E-state index contributed by atoms with van der Waals surface area (Å²) in [7, 11) is 0. The Kier molecular flexibility index (Phi) is 9.11. The Hall–Kier alpha value is -3.60. The molecule has 0 saturated carbocycles. The number of furan rings is 1. The molecule has 5 aromatic rings. The maximum absolute atomic E-state index is 11.5. The van der Waals surface area contributed by atoms with Crippen LogP contribution in [-0.4, -0.2) is 20.9 Å². The van der Waals surface area contributed by atoms with Crippen molar-refractivity contribution in [1.82, 2.24) is 9.97 Å². The predicted octanol–water partition coefficient (Wildman–Crippen LogP) is 10.2. The van der Waals surface area contributed by atoms with Crippen LogP contribution in [0.2, 0.25) is 0 Å². The number of nitrogens with zero attached hydrogens (tertiary/aromatic N) is 2. The fourth-order valence-corrected chi connectivity index (χ4v) is 4.46. The summed E-state index contributed by atoms with van der Waals surface area (Å²) in [6.07, 6.45) is 3.21. The van der Waals surface area contributed by atoms with Gasteiger partial charge in [-0.05, 0) is 46.8 Å². The van der Waals surface area contributed by atoms with Gasteiger partial charge in [0.05, 0.1) is 5.58 Å². The molecule has 0 atom stereocenters. The van der Waals surface area contributed by atoms with Gasteiger partial charge in [0.2, 0.25) is 5.71 Å². The quantitative estimate of drug-likeness (QED) is 0.112. The van der Waals surface area contributed by atoms with E-state index in [1.807, 2.05) is 72.0 Å². The second-order valence-electron chi connectivity index (χ2n) is 13.9.